The highest BCUT2D eigenvalue weighted by atomic mass is 16.7. The molecule has 1 aliphatic heterocycles. The summed E-state index contributed by atoms with van der Waals surface area (Å²) in [7, 11) is 0. The van der Waals surface area contributed by atoms with Crippen molar-refractivity contribution in [2.24, 2.45) is 0 Å². The van der Waals surface area contributed by atoms with Gasteiger partial charge in [-0.25, -0.2) is 0 Å². The van der Waals surface area contributed by atoms with Crippen molar-refractivity contribution in [2.75, 3.05) is 13.2 Å². The van der Waals surface area contributed by atoms with Gasteiger partial charge in [-0.2, -0.15) is 0 Å². The molecule has 1 rings (SSSR count). The van der Waals surface area contributed by atoms with Crippen LogP contribution in [0.3, 0.4) is 0 Å². The minimum atomic E-state index is -1.56. The third kappa shape index (κ3) is 30.6. The molecule has 9 nitrogen and oxygen atoms in total. The molecule has 9 heteroatoms. The minimum absolute atomic E-state index is 0.160. The molecule has 346 valence electrons. The highest BCUT2D eigenvalue weighted by Crippen LogP contribution is 2.23. The van der Waals surface area contributed by atoms with Crippen molar-refractivity contribution in [2.45, 2.75) is 230 Å². The second-order valence-corrected chi connectivity index (χ2v) is 16.5. The molecule has 0 aromatic heterocycles. The van der Waals surface area contributed by atoms with Gasteiger partial charge in [-0.15, -0.1) is 0 Å². The summed E-state index contributed by atoms with van der Waals surface area (Å²) in [5.74, 6) is -0.189. The molecule has 6 N–H and O–H groups in total. The van der Waals surface area contributed by atoms with Crippen LogP contribution in [-0.2, 0) is 14.3 Å². The second-order valence-electron chi connectivity index (χ2n) is 16.5. The maximum atomic E-state index is 13.0. The third-order valence-electron chi connectivity index (χ3n) is 11.1. The van der Waals surface area contributed by atoms with Gasteiger partial charge in [0.05, 0.1) is 25.4 Å². The Balaban J connectivity index is 2.36. The van der Waals surface area contributed by atoms with Crippen LogP contribution in [0.4, 0.5) is 0 Å². The maximum absolute atomic E-state index is 13.0. The van der Waals surface area contributed by atoms with Crippen LogP contribution < -0.4 is 5.32 Å². The molecule has 60 heavy (non-hydrogen) atoms. The summed E-state index contributed by atoms with van der Waals surface area (Å²) >= 11 is 0. The number of aliphatic hydroxyl groups excluding tert-OH is 5. The molecule has 0 aromatic rings. The number of carbonyl (C=O) groups excluding carboxylic acids is 1. The summed E-state index contributed by atoms with van der Waals surface area (Å²) in [5.41, 5.74) is 0. The van der Waals surface area contributed by atoms with Gasteiger partial charge in [-0.3, -0.25) is 4.79 Å². The number of carbonyl (C=O) groups is 1. The highest BCUT2D eigenvalue weighted by molar-refractivity contribution is 5.76. The molecule has 1 fully saturated rings. The molecular formula is C51H89NO8. The Kier molecular flexibility index (Phi) is 37.7. The molecule has 0 bridgehead atoms. The Hall–Kier alpha value is -2.37. The lowest BCUT2D eigenvalue weighted by Gasteiger charge is -2.40. The van der Waals surface area contributed by atoms with Crippen LogP contribution in [0.25, 0.3) is 0 Å². The number of allylic oxidation sites excluding steroid dienone is 12. The summed E-state index contributed by atoms with van der Waals surface area (Å²) in [6, 6.07) is -0.746. The van der Waals surface area contributed by atoms with E-state index in [-0.39, 0.29) is 12.5 Å². The molecule has 7 unspecified atom stereocenters. The van der Waals surface area contributed by atoms with Crippen molar-refractivity contribution < 1.29 is 39.8 Å². The molecule has 0 spiro atoms. The van der Waals surface area contributed by atoms with E-state index in [0.717, 1.165) is 70.6 Å². The van der Waals surface area contributed by atoms with E-state index in [2.05, 4.69) is 92.1 Å². The molecule has 0 aliphatic carbocycles. The van der Waals surface area contributed by atoms with Gasteiger partial charge in [0, 0.05) is 6.42 Å². The quantitative estimate of drug-likeness (QED) is 0.0265. The zero-order valence-corrected chi connectivity index (χ0v) is 37.9. The zero-order chi connectivity index (χ0) is 43.7. The van der Waals surface area contributed by atoms with Crippen LogP contribution in [-0.4, -0.2) is 87.5 Å². The molecule has 0 saturated carbocycles. The van der Waals surface area contributed by atoms with Gasteiger partial charge >= 0.3 is 0 Å². The third-order valence-corrected chi connectivity index (χ3v) is 11.1. The van der Waals surface area contributed by atoms with Crippen LogP contribution in [0.5, 0.6) is 0 Å². The number of hydrogen-bond donors (Lipinski definition) is 6. The molecular weight excluding hydrogens is 755 g/mol. The SMILES string of the molecule is CC/C=C\C/C=C\C/C=C\C/C=C\C/C=C\C/C=C\CCCCC(=O)NC(COC1OC(CO)C(O)C(O)C1O)C(O)CCCCCCCCCCCCCCCCCC. The molecule has 0 aromatic carbocycles. The maximum Gasteiger partial charge on any atom is 0.220 e. The predicted octanol–water partition coefficient (Wildman–Crippen LogP) is 10.6. The first-order valence-electron chi connectivity index (χ1n) is 24.1. The fraction of sp³-hybridized carbons (Fsp3) is 0.745. The van der Waals surface area contributed by atoms with Crippen molar-refractivity contribution in [3.63, 3.8) is 0 Å². The summed E-state index contributed by atoms with van der Waals surface area (Å²) in [5, 5.41) is 54.4. The van der Waals surface area contributed by atoms with E-state index < -0.39 is 49.5 Å². The van der Waals surface area contributed by atoms with Crippen molar-refractivity contribution >= 4 is 5.91 Å². The summed E-state index contributed by atoms with van der Waals surface area (Å²) in [6.45, 7) is 3.69. The molecule has 1 aliphatic rings. The monoisotopic (exact) mass is 844 g/mol. The highest BCUT2D eigenvalue weighted by Gasteiger charge is 2.44. The van der Waals surface area contributed by atoms with Crippen LogP contribution >= 0.6 is 0 Å². The van der Waals surface area contributed by atoms with Crippen molar-refractivity contribution in [3.8, 4) is 0 Å². The fourth-order valence-electron chi connectivity index (χ4n) is 7.22. The van der Waals surface area contributed by atoms with Crippen molar-refractivity contribution in [1.29, 1.82) is 0 Å². The van der Waals surface area contributed by atoms with Gasteiger partial charge in [-0.1, -0.05) is 189 Å². The van der Waals surface area contributed by atoms with Crippen LogP contribution in [0.1, 0.15) is 187 Å². The topological polar surface area (TPSA) is 149 Å². The van der Waals surface area contributed by atoms with Gasteiger partial charge in [-0.05, 0) is 64.2 Å². The van der Waals surface area contributed by atoms with Gasteiger partial charge in [0.15, 0.2) is 6.29 Å². The standard InChI is InChI=1S/C51H89NO8/c1-3-5-7-9-11-13-15-17-19-21-22-23-24-25-27-29-31-33-35-37-39-41-47(55)52-44(43-59-51-50(58)49(57)48(56)46(42-53)60-51)45(54)40-38-36-34-32-30-28-26-20-18-16-14-12-10-8-6-4-2/h5,7,11,13,17,19,22-23,25,27,31,33,44-46,48-51,53-54,56-58H,3-4,6,8-10,12,14-16,18,20-21,24,26,28-30,32,34-43H2,1-2H3,(H,52,55)/b7-5-,13-11-,19-17-,23-22-,27-25-,33-31-. The lowest BCUT2D eigenvalue weighted by Crippen LogP contribution is -2.60. The van der Waals surface area contributed by atoms with Gasteiger partial charge < -0.3 is 40.3 Å². The Morgan fingerprint density at radius 1 is 0.583 bits per heavy atom. The zero-order valence-electron chi connectivity index (χ0n) is 37.9. The number of amides is 1. The molecule has 1 saturated heterocycles. The van der Waals surface area contributed by atoms with Crippen molar-refractivity contribution in [1.82, 2.24) is 5.32 Å². The van der Waals surface area contributed by atoms with Crippen LogP contribution in [0, 0.1) is 0 Å². The average Bonchev–Trinajstić information content (AvgIpc) is 3.25. The Bertz CT molecular complexity index is 1160. The van der Waals surface area contributed by atoms with Gasteiger partial charge in [0.25, 0.3) is 0 Å². The van der Waals surface area contributed by atoms with E-state index in [1.165, 1.54) is 83.5 Å². The number of aliphatic hydroxyl groups is 5. The summed E-state index contributed by atoms with van der Waals surface area (Å²) < 4.78 is 11.3. The Labute approximate surface area is 366 Å². The first kappa shape index (κ1) is 55.6. The number of ether oxygens (including phenoxy) is 2. The summed E-state index contributed by atoms with van der Waals surface area (Å²) in [4.78, 5) is 13.0. The van der Waals surface area contributed by atoms with E-state index in [4.69, 9.17) is 9.47 Å². The largest absolute Gasteiger partial charge is 0.394 e. The lowest BCUT2D eigenvalue weighted by atomic mass is 9.99. The average molecular weight is 844 g/mol. The predicted molar refractivity (Wildman–Crippen MR) is 249 cm³/mol. The number of rotatable bonds is 39. The summed E-state index contributed by atoms with van der Waals surface area (Å²) in [6.07, 6.45) is 47.6. The molecule has 0 radical (unpaired) electrons. The molecule has 1 heterocycles. The van der Waals surface area contributed by atoms with Crippen LogP contribution in [0.15, 0.2) is 72.9 Å². The van der Waals surface area contributed by atoms with E-state index >= 15 is 0 Å². The first-order chi connectivity index (χ1) is 29.3. The Morgan fingerprint density at radius 2 is 1.03 bits per heavy atom. The van der Waals surface area contributed by atoms with Gasteiger partial charge in [0.1, 0.15) is 24.4 Å². The number of nitrogens with one attached hydrogen (secondary N) is 1. The molecule has 1 amide bonds. The number of hydrogen-bond acceptors (Lipinski definition) is 8. The van der Waals surface area contributed by atoms with E-state index in [9.17, 15) is 30.3 Å². The van der Waals surface area contributed by atoms with Gasteiger partial charge in [0.2, 0.25) is 5.91 Å². The van der Waals surface area contributed by atoms with E-state index in [1.54, 1.807) is 0 Å². The van der Waals surface area contributed by atoms with E-state index in [1.807, 2.05) is 0 Å². The second kappa shape index (κ2) is 40.7. The normalized spacial score (nSPS) is 21.2. The Morgan fingerprint density at radius 3 is 1.50 bits per heavy atom. The minimum Gasteiger partial charge on any atom is -0.394 e. The lowest BCUT2D eigenvalue weighted by molar-refractivity contribution is -0.302. The fourth-order valence-corrected chi connectivity index (χ4v) is 7.22. The van der Waals surface area contributed by atoms with E-state index in [0.29, 0.717) is 19.3 Å². The smallest absolute Gasteiger partial charge is 0.220 e. The van der Waals surface area contributed by atoms with Crippen molar-refractivity contribution in [3.05, 3.63) is 72.9 Å². The molecule has 7 atom stereocenters. The van der Waals surface area contributed by atoms with Crippen LogP contribution in [0.2, 0.25) is 0 Å². The first-order valence-corrected chi connectivity index (χ1v) is 24.1. The number of unbranched alkanes of at least 4 members (excludes halogenated alkanes) is 17.